The van der Waals surface area contributed by atoms with Gasteiger partial charge in [0, 0.05) is 37.4 Å². The van der Waals surface area contributed by atoms with Crippen LogP contribution in [0.1, 0.15) is 31.7 Å². The predicted octanol–water partition coefficient (Wildman–Crippen LogP) is 2.37. The fraction of sp³-hybridized carbons (Fsp3) is 0.647. The normalized spacial score (nSPS) is 28.2. The number of benzene rings is 1. The van der Waals surface area contributed by atoms with Gasteiger partial charge in [-0.25, -0.2) is 0 Å². The molecule has 1 aromatic rings. The molecule has 0 saturated carbocycles. The second kappa shape index (κ2) is 6.15. The lowest BCUT2D eigenvalue weighted by Gasteiger charge is -2.47. The summed E-state index contributed by atoms with van der Waals surface area (Å²) in [5.74, 6) is 0. The van der Waals surface area contributed by atoms with E-state index in [9.17, 15) is 0 Å². The molecule has 2 heterocycles. The second-order valence-electron chi connectivity index (χ2n) is 6.48. The maximum absolute atomic E-state index is 5.74. The van der Waals surface area contributed by atoms with E-state index < -0.39 is 0 Å². The van der Waals surface area contributed by atoms with Crippen LogP contribution < -0.4 is 5.73 Å². The Balaban J connectivity index is 1.55. The van der Waals surface area contributed by atoms with Crippen molar-refractivity contribution < 1.29 is 0 Å². The van der Waals surface area contributed by atoms with Crippen LogP contribution in [-0.2, 0) is 6.42 Å². The molecule has 2 unspecified atom stereocenters. The number of nitrogens with two attached hydrogens (primary N) is 1. The highest BCUT2D eigenvalue weighted by molar-refractivity contribution is 5.39. The van der Waals surface area contributed by atoms with Crippen LogP contribution in [-0.4, -0.2) is 48.1 Å². The topological polar surface area (TPSA) is 32.5 Å². The molecule has 0 aromatic heterocycles. The fourth-order valence-electron chi connectivity index (χ4n) is 3.68. The molecule has 3 nitrogen and oxygen atoms in total. The third-order valence-electron chi connectivity index (χ3n) is 4.98. The summed E-state index contributed by atoms with van der Waals surface area (Å²) in [5, 5.41) is 0. The number of piperidine rings is 1. The number of nitrogens with zero attached hydrogens (tertiary/aromatic N) is 2. The summed E-state index contributed by atoms with van der Waals surface area (Å²) in [7, 11) is 0. The molecule has 2 saturated heterocycles. The lowest BCUT2D eigenvalue weighted by molar-refractivity contribution is 0.0160. The van der Waals surface area contributed by atoms with Gasteiger partial charge >= 0.3 is 0 Å². The minimum Gasteiger partial charge on any atom is -0.399 e. The van der Waals surface area contributed by atoms with Crippen LogP contribution in [0.2, 0.25) is 0 Å². The monoisotopic (exact) mass is 273 g/mol. The summed E-state index contributed by atoms with van der Waals surface area (Å²) in [6.07, 6.45) is 5.35. The van der Waals surface area contributed by atoms with Gasteiger partial charge in [0.25, 0.3) is 0 Å². The molecule has 3 rings (SSSR count). The quantitative estimate of drug-likeness (QED) is 0.858. The number of hydrogen-bond donors (Lipinski definition) is 1. The van der Waals surface area contributed by atoms with Crippen LogP contribution >= 0.6 is 0 Å². The number of nitrogen functional groups attached to an aromatic ring is 1. The number of hydrogen-bond acceptors (Lipinski definition) is 3. The summed E-state index contributed by atoms with van der Waals surface area (Å²) in [5.41, 5.74) is 8.00. The Bertz CT molecular complexity index is 428. The number of rotatable bonds is 3. The van der Waals surface area contributed by atoms with Gasteiger partial charge in [-0.2, -0.15) is 0 Å². The minimum absolute atomic E-state index is 0.693. The highest BCUT2D eigenvalue weighted by atomic mass is 15.3. The number of anilines is 1. The van der Waals surface area contributed by atoms with Crippen molar-refractivity contribution in [2.45, 2.75) is 44.7 Å². The fourth-order valence-corrected chi connectivity index (χ4v) is 3.68. The molecule has 110 valence electrons. The second-order valence-corrected chi connectivity index (χ2v) is 6.48. The predicted molar refractivity (Wildman–Crippen MR) is 84.8 cm³/mol. The van der Waals surface area contributed by atoms with Gasteiger partial charge in [-0.05, 0) is 50.4 Å². The largest absolute Gasteiger partial charge is 0.399 e. The first-order valence-electron chi connectivity index (χ1n) is 8.05. The van der Waals surface area contributed by atoms with Crippen LogP contribution in [0.3, 0.4) is 0 Å². The van der Waals surface area contributed by atoms with Crippen LogP contribution in [0.25, 0.3) is 0 Å². The lowest BCUT2D eigenvalue weighted by atomic mass is 9.97. The van der Waals surface area contributed by atoms with Gasteiger partial charge in [-0.3, -0.25) is 9.80 Å². The number of fused-ring (bicyclic) bond motifs is 1. The molecule has 0 spiro atoms. The van der Waals surface area contributed by atoms with Crippen molar-refractivity contribution >= 4 is 5.69 Å². The van der Waals surface area contributed by atoms with Crippen LogP contribution in [0.5, 0.6) is 0 Å². The molecule has 0 radical (unpaired) electrons. The Hall–Kier alpha value is -1.06. The molecule has 2 aliphatic heterocycles. The zero-order chi connectivity index (χ0) is 13.9. The van der Waals surface area contributed by atoms with E-state index in [2.05, 4.69) is 28.9 Å². The van der Waals surface area contributed by atoms with Crippen molar-refractivity contribution in [3.63, 3.8) is 0 Å². The lowest BCUT2D eigenvalue weighted by Crippen LogP contribution is -2.58. The van der Waals surface area contributed by atoms with Gasteiger partial charge in [0.05, 0.1) is 0 Å². The smallest absolute Gasteiger partial charge is 0.0314 e. The summed E-state index contributed by atoms with van der Waals surface area (Å²) in [6.45, 7) is 7.40. The molecule has 2 fully saturated rings. The molecule has 0 amide bonds. The minimum atomic E-state index is 0.693. The van der Waals surface area contributed by atoms with E-state index in [0.29, 0.717) is 6.04 Å². The number of piperazine rings is 1. The summed E-state index contributed by atoms with van der Waals surface area (Å²) < 4.78 is 0. The third kappa shape index (κ3) is 3.15. The standard InChI is InChI=1S/C17H27N3/c1-14-12-20-10-3-2-4-17(20)13-19(14)11-9-15-5-7-16(18)8-6-15/h5-8,14,17H,2-4,9-13,18H2,1H3. The van der Waals surface area contributed by atoms with Crippen molar-refractivity contribution in [1.82, 2.24) is 9.80 Å². The Morgan fingerprint density at radius 1 is 1.15 bits per heavy atom. The third-order valence-corrected chi connectivity index (χ3v) is 4.98. The van der Waals surface area contributed by atoms with Crippen molar-refractivity contribution in [3.8, 4) is 0 Å². The Labute approximate surface area is 122 Å². The maximum Gasteiger partial charge on any atom is 0.0314 e. The van der Waals surface area contributed by atoms with Crippen LogP contribution in [0, 0.1) is 0 Å². The maximum atomic E-state index is 5.74. The summed E-state index contributed by atoms with van der Waals surface area (Å²) >= 11 is 0. The molecule has 1 aromatic carbocycles. The zero-order valence-corrected chi connectivity index (χ0v) is 12.6. The first-order chi connectivity index (χ1) is 9.72. The van der Waals surface area contributed by atoms with Crippen LogP contribution in [0.4, 0.5) is 5.69 Å². The molecule has 20 heavy (non-hydrogen) atoms. The summed E-state index contributed by atoms with van der Waals surface area (Å²) in [6, 6.07) is 9.85. The SMILES string of the molecule is CC1CN2CCCCC2CN1CCc1ccc(N)cc1. The van der Waals surface area contributed by atoms with Crippen molar-refractivity contribution in [2.75, 3.05) is 31.9 Å². The Morgan fingerprint density at radius 3 is 2.75 bits per heavy atom. The molecular formula is C17H27N3. The highest BCUT2D eigenvalue weighted by Gasteiger charge is 2.32. The van der Waals surface area contributed by atoms with Crippen molar-refractivity contribution in [2.24, 2.45) is 0 Å². The summed E-state index contributed by atoms with van der Waals surface area (Å²) in [4.78, 5) is 5.40. The first-order valence-corrected chi connectivity index (χ1v) is 8.05. The van der Waals surface area contributed by atoms with E-state index in [0.717, 1.165) is 18.2 Å². The molecule has 2 aliphatic rings. The highest BCUT2D eigenvalue weighted by Crippen LogP contribution is 2.24. The van der Waals surface area contributed by atoms with Gasteiger partial charge in [-0.15, -0.1) is 0 Å². The Kier molecular flexibility index (Phi) is 4.27. The van der Waals surface area contributed by atoms with Crippen molar-refractivity contribution in [1.29, 1.82) is 0 Å². The average Bonchev–Trinajstić information content (AvgIpc) is 2.47. The van der Waals surface area contributed by atoms with Gasteiger partial charge in [0.1, 0.15) is 0 Å². The van der Waals surface area contributed by atoms with Gasteiger partial charge in [-0.1, -0.05) is 18.6 Å². The molecule has 3 heteroatoms. The molecule has 0 bridgehead atoms. The van der Waals surface area contributed by atoms with E-state index in [-0.39, 0.29) is 0 Å². The first kappa shape index (κ1) is 13.9. The van der Waals surface area contributed by atoms with Crippen molar-refractivity contribution in [3.05, 3.63) is 29.8 Å². The molecule has 2 N–H and O–H groups in total. The zero-order valence-electron chi connectivity index (χ0n) is 12.6. The average molecular weight is 273 g/mol. The van der Waals surface area contributed by atoms with E-state index in [1.807, 2.05) is 12.1 Å². The van der Waals surface area contributed by atoms with E-state index >= 15 is 0 Å². The van der Waals surface area contributed by atoms with E-state index in [1.165, 1.54) is 51.0 Å². The van der Waals surface area contributed by atoms with E-state index in [4.69, 9.17) is 5.73 Å². The van der Waals surface area contributed by atoms with E-state index in [1.54, 1.807) is 0 Å². The Morgan fingerprint density at radius 2 is 1.95 bits per heavy atom. The van der Waals surface area contributed by atoms with Crippen LogP contribution in [0.15, 0.2) is 24.3 Å². The van der Waals surface area contributed by atoms with Gasteiger partial charge in [0.15, 0.2) is 0 Å². The molecule has 2 atom stereocenters. The molecule has 0 aliphatic carbocycles. The van der Waals surface area contributed by atoms with Gasteiger partial charge < -0.3 is 5.73 Å². The van der Waals surface area contributed by atoms with Gasteiger partial charge in [0.2, 0.25) is 0 Å². The molecular weight excluding hydrogens is 246 g/mol.